The quantitative estimate of drug-likeness (QED) is 0.543. The molecule has 0 saturated heterocycles. The van der Waals surface area contributed by atoms with Gasteiger partial charge in [0.2, 0.25) is 0 Å². The van der Waals surface area contributed by atoms with Crippen LogP contribution in [-0.4, -0.2) is 24.3 Å². The molecule has 0 radical (unpaired) electrons. The number of rotatable bonds is 9. The van der Waals surface area contributed by atoms with Crippen LogP contribution in [0.15, 0.2) is 0 Å². The van der Waals surface area contributed by atoms with Crippen molar-refractivity contribution in [1.29, 1.82) is 0 Å². The normalized spacial score (nSPS) is 13.2. The molecule has 2 nitrogen and oxygen atoms in total. The van der Waals surface area contributed by atoms with Crippen LogP contribution in [0.2, 0.25) is 0 Å². The highest BCUT2D eigenvalue weighted by Crippen LogP contribution is 2.04. The third-order valence-corrected chi connectivity index (χ3v) is 2.30. The van der Waals surface area contributed by atoms with E-state index in [2.05, 4.69) is 12.2 Å². The molecule has 1 unspecified atom stereocenters. The molecule has 1 atom stereocenters. The first-order chi connectivity index (χ1) is 6.31. The van der Waals surface area contributed by atoms with E-state index in [-0.39, 0.29) is 12.6 Å². The Morgan fingerprint density at radius 1 is 1.08 bits per heavy atom. The third-order valence-electron chi connectivity index (χ3n) is 2.30. The van der Waals surface area contributed by atoms with Gasteiger partial charge in [-0.15, -0.1) is 0 Å². The highest BCUT2D eigenvalue weighted by atomic mass is 16.3. The smallest absolute Gasteiger partial charge is 0.0581 e. The van der Waals surface area contributed by atoms with Gasteiger partial charge in [0.25, 0.3) is 0 Å². The highest BCUT2D eigenvalue weighted by molar-refractivity contribution is 4.57. The second kappa shape index (κ2) is 10.0. The zero-order chi connectivity index (χ0) is 9.94. The van der Waals surface area contributed by atoms with Crippen LogP contribution >= 0.6 is 0 Å². The number of hydrogen-bond donors (Lipinski definition) is 2. The lowest BCUT2D eigenvalue weighted by atomic mass is 10.1. The Balaban J connectivity index is 2.91. The van der Waals surface area contributed by atoms with E-state index in [1.165, 1.54) is 38.5 Å². The van der Waals surface area contributed by atoms with Gasteiger partial charge in [0.1, 0.15) is 0 Å². The molecule has 0 aromatic rings. The molecule has 0 aliphatic rings. The number of unbranched alkanes of at least 4 members (excludes halogenated alkanes) is 5. The summed E-state index contributed by atoms with van der Waals surface area (Å²) >= 11 is 0. The van der Waals surface area contributed by atoms with Gasteiger partial charge in [-0.05, 0) is 19.9 Å². The maximum atomic E-state index is 8.74. The Bertz CT molecular complexity index is 96.1. The molecule has 80 valence electrons. The van der Waals surface area contributed by atoms with Crippen molar-refractivity contribution >= 4 is 0 Å². The van der Waals surface area contributed by atoms with Gasteiger partial charge in [-0.25, -0.2) is 0 Å². The minimum Gasteiger partial charge on any atom is -0.395 e. The summed E-state index contributed by atoms with van der Waals surface area (Å²) in [6.07, 6.45) is 8.01. The lowest BCUT2D eigenvalue weighted by Crippen LogP contribution is -2.29. The summed E-state index contributed by atoms with van der Waals surface area (Å²) in [5.74, 6) is 0. The van der Waals surface area contributed by atoms with Crippen molar-refractivity contribution in [3.8, 4) is 0 Å². The fourth-order valence-electron chi connectivity index (χ4n) is 1.32. The van der Waals surface area contributed by atoms with Gasteiger partial charge in [-0.3, -0.25) is 0 Å². The summed E-state index contributed by atoms with van der Waals surface area (Å²) < 4.78 is 0. The average molecular weight is 187 g/mol. The molecule has 0 aliphatic carbocycles. The Morgan fingerprint density at radius 2 is 1.69 bits per heavy atom. The molecule has 0 aromatic carbocycles. The molecule has 0 rings (SSSR count). The molecule has 0 saturated carbocycles. The van der Waals surface area contributed by atoms with E-state index in [1.807, 2.05) is 6.92 Å². The number of aliphatic hydroxyl groups is 1. The Morgan fingerprint density at radius 3 is 2.31 bits per heavy atom. The molecule has 2 N–H and O–H groups in total. The van der Waals surface area contributed by atoms with Gasteiger partial charge < -0.3 is 10.4 Å². The molecule has 2 heteroatoms. The van der Waals surface area contributed by atoms with Crippen molar-refractivity contribution in [1.82, 2.24) is 5.32 Å². The minimum absolute atomic E-state index is 0.246. The van der Waals surface area contributed by atoms with Crippen LogP contribution < -0.4 is 5.32 Å². The molecule has 0 fully saturated rings. The molecule has 13 heavy (non-hydrogen) atoms. The van der Waals surface area contributed by atoms with Gasteiger partial charge in [0, 0.05) is 6.04 Å². The third kappa shape index (κ3) is 9.84. The number of aliphatic hydroxyl groups excluding tert-OH is 1. The zero-order valence-electron chi connectivity index (χ0n) is 9.18. The van der Waals surface area contributed by atoms with Crippen LogP contribution in [0.25, 0.3) is 0 Å². The van der Waals surface area contributed by atoms with Crippen LogP contribution in [0.4, 0.5) is 0 Å². The molecular weight excluding hydrogens is 162 g/mol. The van der Waals surface area contributed by atoms with E-state index in [9.17, 15) is 0 Å². The lowest BCUT2D eigenvalue weighted by molar-refractivity contribution is 0.251. The fourth-order valence-corrected chi connectivity index (χ4v) is 1.32. The zero-order valence-corrected chi connectivity index (χ0v) is 9.18. The molecule has 0 aromatic heterocycles. The molecule has 0 amide bonds. The average Bonchev–Trinajstić information content (AvgIpc) is 2.16. The molecular formula is C11H25NO. The second-order valence-electron chi connectivity index (χ2n) is 3.81. The maximum Gasteiger partial charge on any atom is 0.0581 e. The van der Waals surface area contributed by atoms with Crippen molar-refractivity contribution in [2.24, 2.45) is 0 Å². The topological polar surface area (TPSA) is 32.3 Å². The largest absolute Gasteiger partial charge is 0.395 e. The first-order valence-electron chi connectivity index (χ1n) is 5.65. The predicted octanol–water partition coefficient (Wildman–Crippen LogP) is 2.32. The summed E-state index contributed by atoms with van der Waals surface area (Å²) in [6, 6.07) is 0.260. The van der Waals surface area contributed by atoms with Crippen LogP contribution in [0.5, 0.6) is 0 Å². The van der Waals surface area contributed by atoms with Crippen LogP contribution in [0.1, 0.15) is 52.4 Å². The van der Waals surface area contributed by atoms with Crippen LogP contribution in [0.3, 0.4) is 0 Å². The van der Waals surface area contributed by atoms with Gasteiger partial charge >= 0.3 is 0 Å². The lowest BCUT2D eigenvalue weighted by Gasteiger charge is -2.09. The van der Waals surface area contributed by atoms with E-state index >= 15 is 0 Å². The van der Waals surface area contributed by atoms with Gasteiger partial charge in [0.15, 0.2) is 0 Å². The highest BCUT2D eigenvalue weighted by Gasteiger charge is 1.96. The van der Waals surface area contributed by atoms with Crippen molar-refractivity contribution < 1.29 is 5.11 Å². The molecule has 0 bridgehead atoms. The summed E-state index contributed by atoms with van der Waals surface area (Å²) in [4.78, 5) is 0. The van der Waals surface area contributed by atoms with Crippen LogP contribution in [-0.2, 0) is 0 Å². The van der Waals surface area contributed by atoms with Gasteiger partial charge in [0.05, 0.1) is 6.61 Å². The van der Waals surface area contributed by atoms with Crippen molar-refractivity contribution in [3.05, 3.63) is 0 Å². The van der Waals surface area contributed by atoms with Gasteiger partial charge in [-0.1, -0.05) is 39.0 Å². The Kier molecular flexibility index (Phi) is 9.94. The monoisotopic (exact) mass is 187 g/mol. The standard InChI is InChI=1S/C11H25NO/c1-3-4-5-6-7-8-9-12-11(2)10-13/h11-13H,3-10H2,1-2H3. The fraction of sp³-hybridized carbons (Fsp3) is 1.00. The molecule has 0 spiro atoms. The van der Waals surface area contributed by atoms with E-state index in [1.54, 1.807) is 0 Å². The number of nitrogens with one attached hydrogen (secondary N) is 1. The van der Waals surface area contributed by atoms with E-state index < -0.39 is 0 Å². The van der Waals surface area contributed by atoms with Crippen molar-refractivity contribution in [2.75, 3.05) is 13.2 Å². The first kappa shape index (κ1) is 12.9. The first-order valence-corrected chi connectivity index (χ1v) is 5.65. The van der Waals surface area contributed by atoms with Gasteiger partial charge in [-0.2, -0.15) is 0 Å². The summed E-state index contributed by atoms with van der Waals surface area (Å²) in [7, 11) is 0. The predicted molar refractivity (Wildman–Crippen MR) is 57.9 cm³/mol. The SMILES string of the molecule is CCCCCCCCNC(C)CO. The summed E-state index contributed by atoms with van der Waals surface area (Å²) in [5.41, 5.74) is 0. The van der Waals surface area contributed by atoms with Crippen molar-refractivity contribution in [3.63, 3.8) is 0 Å². The maximum absolute atomic E-state index is 8.74. The second-order valence-corrected chi connectivity index (χ2v) is 3.81. The number of hydrogen-bond acceptors (Lipinski definition) is 2. The summed E-state index contributed by atoms with van der Waals surface area (Å²) in [5, 5.41) is 12.0. The molecule has 0 heterocycles. The summed E-state index contributed by atoms with van der Waals surface area (Å²) in [6.45, 7) is 5.55. The minimum atomic E-state index is 0.246. The van der Waals surface area contributed by atoms with Crippen LogP contribution in [0, 0.1) is 0 Å². The molecule has 0 aliphatic heterocycles. The Labute approximate surface area is 82.7 Å². The van der Waals surface area contributed by atoms with Crippen molar-refractivity contribution in [2.45, 2.75) is 58.4 Å². The van der Waals surface area contributed by atoms with E-state index in [0.717, 1.165) is 6.54 Å². The van der Waals surface area contributed by atoms with E-state index in [4.69, 9.17) is 5.11 Å². The van der Waals surface area contributed by atoms with E-state index in [0.29, 0.717) is 0 Å². The Hall–Kier alpha value is -0.0800.